The van der Waals surface area contributed by atoms with E-state index in [0.717, 1.165) is 10.2 Å². The number of fused-ring (bicyclic) bond motifs is 1. The Balaban J connectivity index is 1.76. The Morgan fingerprint density at radius 1 is 1.33 bits per heavy atom. The van der Waals surface area contributed by atoms with E-state index in [1.807, 2.05) is 24.3 Å². The number of para-hydroxylation sites is 1. The van der Waals surface area contributed by atoms with Crippen LogP contribution in [0.15, 0.2) is 44.8 Å². The van der Waals surface area contributed by atoms with E-state index < -0.39 is 0 Å². The first kappa shape index (κ1) is 10.8. The van der Waals surface area contributed by atoms with Crippen LogP contribution in [0.4, 0.5) is 5.13 Å². The van der Waals surface area contributed by atoms with E-state index >= 15 is 0 Å². The lowest BCUT2D eigenvalue weighted by atomic mass is 10.3. The number of nitrogens with two attached hydrogens (primary N) is 1. The van der Waals surface area contributed by atoms with Crippen molar-refractivity contribution in [2.75, 3.05) is 0 Å². The number of hydrogen-bond donors (Lipinski definition) is 2. The van der Waals surface area contributed by atoms with Gasteiger partial charge in [0.15, 0.2) is 5.84 Å². The van der Waals surface area contributed by atoms with Crippen molar-refractivity contribution in [3.05, 3.63) is 24.3 Å². The maximum absolute atomic E-state index is 5.48. The molecule has 0 unspecified atom stereocenters. The average molecular weight is 259 g/mol. The van der Waals surface area contributed by atoms with Crippen LogP contribution >= 0.6 is 11.3 Å². The second-order valence-electron chi connectivity index (χ2n) is 3.59. The Bertz CT molecular complexity index is 637. The summed E-state index contributed by atoms with van der Waals surface area (Å²) in [7, 11) is 0. The molecule has 90 valence electrons. The maximum atomic E-state index is 5.48. The van der Waals surface area contributed by atoms with Gasteiger partial charge in [-0.3, -0.25) is 5.43 Å². The van der Waals surface area contributed by atoms with E-state index in [1.165, 1.54) is 11.3 Å². The minimum absolute atomic E-state index is 0.471. The van der Waals surface area contributed by atoms with Crippen molar-refractivity contribution in [2.45, 2.75) is 6.42 Å². The summed E-state index contributed by atoms with van der Waals surface area (Å²) in [5.41, 5.74) is 9.06. The van der Waals surface area contributed by atoms with E-state index in [4.69, 9.17) is 5.73 Å². The minimum atomic E-state index is 0.471. The molecule has 8 heteroatoms. The predicted molar refractivity (Wildman–Crippen MR) is 70.9 cm³/mol. The third-order valence-corrected chi connectivity index (χ3v) is 3.18. The molecule has 0 aliphatic carbocycles. The highest BCUT2D eigenvalue weighted by Gasteiger charge is 2.08. The summed E-state index contributed by atoms with van der Waals surface area (Å²) >= 11 is 1.47. The number of hydrazone groups is 1. The molecule has 0 atom stereocenters. The van der Waals surface area contributed by atoms with Crippen molar-refractivity contribution >= 4 is 38.4 Å². The fraction of sp³-hybridized carbons (Fsp3) is 0.100. The topological polar surface area (TPSA) is 100 Å². The summed E-state index contributed by atoms with van der Waals surface area (Å²) < 4.78 is 1.07. The van der Waals surface area contributed by atoms with Crippen LogP contribution in [0.5, 0.6) is 0 Å². The summed E-state index contributed by atoms with van der Waals surface area (Å²) in [5, 5.41) is 15.9. The van der Waals surface area contributed by atoms with Gasteiger partial charge in [-0.1, -0.05) is 28.6 Å². The van der Waals surface area contributed by atoms with E-state index in [1.54, 1.807) is 0 Å². The van der Waals surface area contributed by atoms with Gasteiger partial charge in [-0.2, -0.15) is 5.10 Å². The molecule has 7 nitrogen and oxygen atoms in total. The molecule has 0 saturated heterocycles. The Kier molecular flexibility index (Phi) is 2.69. The molecule has 3 N–H and O–H groups in total. The Labute approximate surface area is 106 Å². The van der Waals surface area contributed by atoms with Crippen molar-refractivity contribution < 1.29 is 0 Å². The number of thiazole rings is 1. The summed E-state index contributed by atoms with van der Waals surface area (Å²) in [6, 6.07) is 7.82. The van der Waals surface area contributed by atoms with Crippen LogP contribution in [0.2, 0.25) is 0 Å². The van der Waals surface area contributed by atoms with Gasteiger partial charge in [0.1, 0.15) is 5.84 Å². The molecule has 0 bridgehead atoms. The lowest BCUT2D eigenvalue weighted by molar-refractivity contribution is 0.985. The number of rotatable bonds is 2. The fourth-order valence-electron chi connectivity index (χ4n) is 1.46. The number of nitrogens with one attached hydrogen (secondary N) is 1. The van der Waals surface area contributed by atoms with Gasteiger partial charge < -0.3 is 5.73 Å². The molecule has 1 aromatic carbocycles. The zero-order chi connectivity index (χ0) is 12.4. The van der Waals surface area contributed by atoms with E-state index in [2.05, 4.69) is 31.0 Å². The average Bonchev–Trinajstić information content (AvgIpc) is 2.95. The lowest BCUT2D eigenvalue weighted by Crippen LogP contribution is -2.12. The van der Waals surface area contributed by atoms with Gasteiger partial charge >= 0.3 is 0 Å². The highest BCUT2D eigenvalue weighted by Crippen LogP contribution is 2.27. The third-order valence-electron chi connectivity index (χ3n) is 2.26. The molecule has 0 saturated carbocycles. The highest BCUT2D eigenvalue weighted by molar-refractivity contribution is 7.21. The molecule has 3 rings (SSSR count). The standard InChI is InChI=1S/C10H9N7S/c11-8-5-9(14-13-8)15-17-16-10-12-6-3-1-2-4-7(6)18-10/h1-4H,5H2,(H2,11,13)(H,12,14,15,16). The second-order valence-corrected chi connectivity index (χ2v) is 4.60. The first-order chi connectivity index (χ1) is 8.81. The minimum Gasteiger partial charge on any atom is -0.385 e. The van der Waals surface area contributed by atoms with Crippen molar-refractivity contribution in [3.63, 3.8) is 0 Å². The van der Waals surface area contributed by atoms with Crippen LogP contribution in [-0.2, 0) is 0 Å². The van der Waals surface area contributed by atoms with Crippen LogP contribution in [0.3, 0.4) is 0 Å². The molecule has 0 fully saturated rings. The van der Waals surface area contributed by atoms with Crippen LogP contribution in [-0.4, -0.2) is 16.7 Å². The molecule has 0 amide bonds. The van der Waals surface area contributed by atoms with Crippen molar-refractivity contribution in [1.29, 1.82) is 0 Å². The van der Waals surface area contributed by atoms with Crippen molar-refractivity contribution in [1.82, 2.24) is 10.4 Å². The number of hydrogen-bond acceptors (Lipinski definition) is 6. The zero-order valence-corrected chi connectivity index (χ0v) is 10.1. The number of amidine groups is 2. The molecule has 0 radical (unpaired) electrons. The van der Waals surface area contributed by atoms with Gasteiger partial charge in [0, 0.05) is 0 Å². The number of benzene rings is 1. The molecular weight excluding hydrogens is 250 g/mol. The van der Waals surface area contributed by atoms with Gasteiger partial charge in [-0.05, 0) is 17.4 Å². The van der Waals surface area contributed by atoms with Crippen LogP contribution < -0.4 is 11.2 Å². The number of aromatic nitrogens is 1. The first-order valence-corrected chi connectivity index (χ1v) is 6.04. The summed E-state index contributed by atoms with van der Waals surface area (Å²) in [4.78, 5) is 4.31. The maximum Gasteiger partial charge on any atom is 0.232 e. The van der Waals surface area contributed by atoms with Crippen molar-refractivity contribution in [2.24, 2.45) is 26.3 Å². The van der Waals surface area contributed by atoms with Crippen molar-refractivity contribution in [3.8, 4) is 0 Å². The summed E-state index contributed by atoms with van der Waals surface area (Å²) in [5.74, 6) is 1.07. The monoisotopic (exact) mass is 259 g/mol. The molecule has 18 heavy (non-hydrogen) atoms. The van der Waals surface area contributed by atoms with Crippen LogP contribution in [0, 0.1) is 0 Å². The Hall–Kier alpha value is -2.35. The lowest BCUT2D eigenvalue weighted by Gasteiger charge is -1.87. The quantitative estimate of drug-likeness (QED) is 0.636. The SMILES string of the molecule is NC1=NN/C(=N\N=N\c2nc3ccccc3s2)C1. The Morgan fingerprint density at radius 3 is 3.00 bits per heavy atom. The first-order valence-electron chi connectivity index (χ1n) is 5.22. The second kappa shape index (κ2) is 4.49. The largest absolute Gasteiger partial charge is 0.385 e. The van der Waals surface area contributed by atoms with Gasteiger partial charge in [0.25, 0.3) is 0 Å². The van der Waals surface area contributed by atoms with Gasteiger partial charge in [-0.25, -0.2) is 4.98 Å². The smallest absolute Gasteiger partial charge is 0.232 e. The molecule has 0 spiro atoms. The van der Waals surface area contributed by atoms with Crippen LogP contribution in [0.1, 0.15) is 6.42 Å². The highest BCUT2D eigenvalue weighted by atomic mass is 32.1. The zero-order valence-electron chi connectivity index (χ0n) is 9.24. The molecule has 1 aliphatic rings. The molecular formula is C10H9N7S. The molecule has 2 aromatic rings. The predicted octanol–water partition coefficient (Wildman–Crippen LogP) is 1.96. The third kappa shape index (κ3) is 2.18. The van der Waals surface area contributed by atoms with E-state index in [-0.39, 0.29) is 0 Å². The number of nitrogens with zero attached hydrogens (tertiary/aromatic N) is 5. The summed E-state index contributed by atoms with van der Waals surface area (Å²) in [6.45, 7) is 0. The molecule has 2 heterocycles. The summed E-state index contributed by atoms with van der Waals surface area (Å²) in [6.07, 6.45) is 0.471. The van der Waals surface area contributed by atoms with Crippen LogP contribution in [0.25, 0.3) is 10.2 Å². The fourth-order valence-corrected chi connectivity index (χ4v) is 2.24. The van der Waals surface area contributed by atoms with Gasteiger partial charge in [-0.15, -0.1) is 5.10 Å². The van der Waals surface area contributed by atoms with Gasteiger partial charge in [0.05, 0.1) is 16.6 Å². The van der Waals surface area contributed by atoms with Gasteiger partial charge in [0.2, 0.25) is 5.13 Å². The molecule has 1 aliphatic heterocycles. The molecule has 1 aromatic heterocycles. The normalized spacial score (nSPS) is 17.6. The Morgan fingerprint density at radius 2 is 2.22 bits per heavy atom. The van der Waals surface area contributed by atoms with E-state index in [0.29, 0.717) is 23.2 Å². The van der Waals surface area contributed by atoms with E-state index in [9.17, 15) is 0 Å².